The highest BCUT2D eigenvalue weighted by molar-refractivity contribution is 5.70. The molecule has 78 heavy (non-hydrogen) atoms. The SMILES string of the molecule is CC/C=C\C/C=C\C/C=C\C/C=C\C/C=C\CCCCCCCCCCCCCCCCCC(=O)OC(CO)COC(=O)CCCCCCCCCCCCCCCCCCCC/C=C\C/C=C\C/C=C\CCCCCCC. The van der Waals surface area contributed by atoms with E-state index in [0.29, 0.717) is 12.8 Å². The summed E-state index contributed by atoms with van der Waals surface area (Å²) in [7, 11) is 0. The molecule has 0 aromatic carbocycles. The van der Waals surface area contributed by atoms with Crippen LogP contribution >= 0.6 is 0 Å². The summed E-state index contributed by atoms with van der Waals surface area (Å²) in [6.45, 7) is 4.05. The first-order chi connectivity index (χ1) is 38.6. The summed E-state index contributed by atoms with van der Waals surface area (Å²) in [6.07, 6.45) is 97.1. The minimum absolute atomic E-state index is 0.0659. The number of rotatable bonds is 62. The van der Waals surface area contributed by atoms with Crippen molar-refractivity contribution in [3.63, 3.8) is 0 Å². The quantitative estimate of drug-likeness (QED) is 0.0373. The monoisotopic (exact) mass is 1080 g/mol. The number of allylic oxidation sites excluding steroid dienone is 16. The van der Waals surface area contributed by atoms with Gasteiger partial charge in [0.2, 0.25) is 0 Å². The lowest BCUT2D eigenvalue weighted by Crippen LogP contribution is -2.28. The molecule has 1 unspecified atom stereocenters. The average molecular weight is 1090 g/mol. The molecule has 450 valence electrons. The Labute approximate surface area is 485 Å². The Kier molecular flexibility index (Phi) is 65.3. The number of aliphatic hydroxyl groups excluding tert-OH is 1. The Morgan fingerprint density at radius 2 is 0.551 bits per heavy atom. The third-order valence-corrected chi connectivity index (χ3v) is 14.9. The van der Waals surface area contributed by atoms with E-state index in [4.69, 9.17) is 9.47 Å². The molecule has 5 nitrogen and oxygen atoms in total. The van der Waals surface area contributed by atoms with Crippen molar-refractivity contribution in [2.24, 2.45) is 0 Å². The number of hydrogen-bond acceptors (Lipinski definition) is 5. The molecule has 0 aliphatic heterocycles. The third kappa shape index (κ3) is 65.3. The molecule has 1 atom stereocenters. The molecule has 0 aromatic rings. The van der Waals surface area contributed by atoms with Crippen LogP contribution in [0.4, 0.5) is 0 Å². The molecule has 0 radical (unpaired) electrons. The van der Waals surface area contributed by atoms with Crippen molar-refractivity contribution in [2.75, 3.05) is 13.2 Å². The van der Waals surface area contributed by atoms with Gasteiger partial charge in [-0.25, -0.2) is 0 Å². The lowest BCUT2D eigenvalue weighted by molar-refractivity contribution is -0.161. The highest BCUT2D eigenvalue weighted by Gasteiger charge is 2.16. The molecule has 0 saturated carbocycles. The lowest BCUT2D eigenvalue weighted by atomic mass is 10.0. The zero-order valence-corrected chi connectivity index (χ0v) is 51.7. The van der Waals surface area contributed by atoms with E-state index in [9.17, 15) is 14.7 Å². The fourth-order valence-corrected chi connectivity index (χ4v) is 9.83. The first-order valence-corrected chi connectivity index (χ1v) is 33.8. The van der Waals surface area contributed by atoms with Gasteiger partial charge in [-0.3, -0.25) is 9.59 Å². The Bertz CT molecular complexity index is 1460. The van der Waals surface area contributed by atoms with Crippen LogP contribution in [0.2, 0.25) is 0 Å². The summed E-state index contributed by atoms with van der Waals surface area (Å²) >= 11 is 0. The molecule has 0 aliphatic rings. The zero-order valence-electron chi connectivity index (χ0n) is 51.7. The van der Waals surface area contributed by atoms with E-state index >= 15 is 0 Å². The number of ether oxygens (including phenoxy) is 2. The van der Waals surface area contributed by atoms with Gasteiger partial charge in [-0.15, -0.1) is 0 Å². The first-order valence-electron chi connectivity index (χ1n) is 33.8. The molecule has 0 heterocycles. The largest absolute Gasteiger partial charge is 0.462 e. The van der Waals surface area contributed by atoms with Gasteiger partial charge in [-0.2, -0.15) is 0 Å². The molecule has 0 spiro atoms. The van der Waals surface area contributed by atoms with E-state index in [0.717, 1.165) is 83.5 Å². The van der Waals surface area contributed by atoms with Crippen LogP contribution < -0.4 is 0 Å². The number of unbranched alkanes of at least 4 members (excludes halogenated alkanes) is 38. The van der Waals surface area contributed by atoms with Gasteiger partial charge in [-0.05, 0) is 96.3 Å². The Hall–Kier alpha value is -3.18. The van der Waals surface area contributed by atoms with E-state index in [1.165, 1.54) is 225 Å². The van der Waals surface area contributed by atoms with Crippen molar-refractivity contribution in [2.45, 2.75) is 341 Å². The first kappa shape index (κ1) is 74.8. The van der Waals surface area contributed by atoms with E-state index in [2.05, 4.69) is 111 Å². The summed E-state index contributed by atoms with van der Waals surface area (Å²) in [6, 6.07) is 0. The maximum absolute atomic E-state index is 12.4. The van der Waals surface area contributed by atoms with Crippen LogP contribution in [0.5, 0.6) is 0 Å². The maximum Gasteiger partial charge on any atom is 0.306 e. The fourth-order valence-electron chi connectivity index (χ4n) is 9.83. The van der Waals surface area contributed by atoms with Crippen molar-refractivity contribution < 1.29 is 24.2 Å². The predicted molar refractivity (Wildman–Crippen MR) is 343 cm³/mol. The van der Waals surface area contributed by atoms with Crippen LogP contribution in [0.3, 0.4) is 0 Å². The van der Waals surface area contributed by atoms with E-state index < -0.39 is 6.10 Å². The molecule has 0 amide bonds. The number of esters is 2. The van der Waals surface area contributed by atoms with Gasteiger partial charge in [0.05, 0.1) is 6.61 Å². The molecule has 1 N–H and O–H groups in total. The summed E-state index contributed by atoms with van der Waals surface area (Å²) in [4.78, 5) is 24.6. The van der Waals surface area contributed by atoms with Crippen LogP contribution in [0.25, 0.3) is 0 Å². The third-order valence-electron chi connectivity index (χ3n) is 14.9. The van der Waals surface area contributed by atoms with Crippen molar-refractivity contribution in [1.82, 2.24) is 0 Å². The van der Waals surface area contributed by atoms with Crippen LogP contribution in [0.15, 0.2) is 97.2 Å². The highest BCUT2D eigenvalue weighted by Crippen LogP contribution is 2.18. The van der Waals surface area contributed by atoms with E-state index in [-0.39, 0.29) is 25.2 Å². The van der Waals surface area contributed by atoms with Gasteiger partial charge >= 0.3 is 11.9 Å². The molecule has 0 bridgehead atoms. The average Bonchev–Trinajstić information content (AvgIpc) is 3.44. The number of aliphatic hydroxyl groups is 1. The van der Waals surface area contributed by atoms with E-state index in [1.807, 2.05) is 0 Å². The number of carbonyl (C=O) groups is 2. The maximum atomic E-state index is 12.4. The molecular weight excluding hydrogens is 957 g/mol. The molecule has 0 saturated heterocycles. The van der Waals surface area contributed by atoms with Crippen molar-refractivity contribution in [3.8, 4) is 0 Å². The summed E-state index contributed by atoms with van der Waals surface area (Å²) in [5, 5.41) is 9.70. The van der Waals surface area contributed by atoms with Gasteiger partial charge in [0.25, 0.3) is 0 Å². The van der Waals surface area contributed by atoms with Crippen LogP contribution in [0, 0.1) is 0 Å². The molecule has 0 fully saturated rings. The number of hydrogen-bond donors (Lipinski definition) is 1. The zero-order chi connectivity index (χ0) is 56.2. The highest BCUT2D eigenvalue weighted by atomic mass is 16.6. The van der Waals surface area contributed by atoms with Crippen molar-refractivity contribution in [3.05, 3.63) is 97.2 Å². The van der Waals surface area contributed by atoms with Gasteiger partial charge < -0.3 is 14.6 Å². The second kappa shape index (κ2) is 68.1. The Morgan fingerprint density at radius 1 is 0.308 bits per heavy atom. The molecular formula is C73H128O5. The Morgan fingerprint density at radius 3 is 0.833 bits per heavy atom. The molecule has 0 aliphatic carbocycles. The lowest BCUT2D eigenvalue weighted by Gasteiger charge is -2.15. The van der Waals surface area contributed by atoms with Crippen LogP contribution in [-0.2, 0) is 19.1 Å². The van der Waals surface area contributed by atoms with Gasteiger partial charge in [0.15, 0.2) is 6.10 Å². The van der Waals surface area contributed by atoms with Crippen LogP contribution in [-0.4, -0.2) is 36.4 Å². The topological polar surface area (TPSA) is 72.8 Å². The van der Waals surface area contributed by atoms with Crippen LogP contribution in [0.1, 0.15) is 335 Å². The molecule has 0 rings (SSSR count). The van der Waals surface area contributed by atoms with Gasteiger partial charge in [-0.1, -0.05) is 323 Å². The molecule has 0 aromatic heterocycles. The second-order valence-corrected chi connectivity index (χ2v) is 22.5. The summed E-state index contributed by atoms with van der Waals surface area (Å²) in [5.74, 6) is -0.579. The standard InChI is InChI=1S/C73H128O5/c1-3-5-7-9-11-13-15-17-19-21-23-25-27-29-31-33-35-36-38-39-41-43-45-47-49-51-53-55-57-59-61-63-65-67-72(75)77-70-71(69-74)78-73(76)68-66-64-62-60-58-56-54-52-50-48-46-44-42-40-37-34-32-30-28-26-24-22-20-18-16-14-12-10-8-6-4-2/h6,8,12,14-15,17-18,20-21,23-24,26-27,29-30,32,71,74H,3-5,7,9-11,13,16,19,22,25,28,31,33-70H2,1-2H3/b8-6-,14-12-,17-15-,20-18-,23-21-,26-24-,29-27-,32-30-. The minimum Gasteiger partial charge on any atom is -0.462 e. The number of carbonyl (C=O) groups excluding carboxylic acids is 2. The molecule has 5 heteroatoms. The van der Waals surface area contributed by atoms with Crippen molar-refractivity contribution >= 4 is 11.9 Å². The fraction of sp³-hybridized carbons (Fsp3) is 0.753. The van der Waals surface area contributed by atoms with Crippen molar-refractivity contribution in [1.29, 1.82) is 0 Å². The Balaban J connectivity index is 3.45. The van der Waals surface area contributed by atoms with Gasteiger partial charge in [0, 0.05) is 12.8 Å². The second-order valence-electron chi connectivity index (χ2n) is 22.5. The minimum atomic E-state index is -0.777. The van der Waals surface area contributed by atoms with Gasteiger partial charge in [0.1, 0.15) is 6.61 Å². The summed E-state index contributed by atoms with van der Waals surface area (Å²) < 4.78 is 10.8. The summed E-state index contributed by atoms with van der Waals surface area (Å²) in [5.41, 5.74) is 0. The van der Waals surface area contributed by atoms with E-state index in [1.54, 1.807) is 0 Å². The normalized spacial score (nSPS) is 12.8. The predicted octanol–water partition coefficient (Wildman–Crippen LogP) is 23.4. The smallest absolute Gasteiger partial charge is 0.306 e.